The number of aliphatic hydroxyl groups is 1. The second-order valence-electron chi connectivity index (χ2n) is 6.64. The van der Waals surface area contributed by atoms with Crippen molar-refractivity contribution in [2.45, 2.75) is 37.5 Å². The van der Waals surface area contributed by atoms with Crippen LogP contribution in [0.2, 0.25) is 0 Å². The van der Waals surface area contributed by atoms with Crippen LogP contribution in [-0.2, 0) is 9.59 Å². The highest BCUT2D eigenvalue weighted by atomic mass is 32.2. The van der Waals surface area contributed by atoms with Gasteiger partial charge < -0.3 is 5.11 Å². The Morgan fingerprint density at radius 3 is 2.35 bits per heavy atom. The number of rotatable bonds is 0. The Balaban J connectivity index is 1.86. The van der Waals surface area contributed by atoms with Crippen LogP contribution < -0.4 is 0 Å². The molecule has 20 heavy (non-hydrogen) atoms. The lowest BCUT2D eigenvalue weighted by Crippen LogP contribution is -2.38. The van der Waals surface area contributed by atoms with Gasteiger partial charge >= 0.3 is 0 Å². The van der Waals surface area contributed by atoms with E-state index in [-0.39, 0.29) is 28.1 Å². The minimum absolute atomic E-state index is 0.0109. The molecule has 4 heteroatoms. The fraction of sp³-hybridized carbons (Fsp3) is 0.500. The molecule has 104 valence electrons. The zero-order valence-electron chi connectivity index (χ0n) is 11.5. The van der Waals surface area contributed by atoms with Gasteiger partial charge in [0.1, 0.15) is 0 Å². The zero-order chi connectivity index (χ0) is 14.2. The van der Waals surface area contributed by atoms with Crippen LogP contribution in [0, 0.1) is 11.8 Å². The van der Waals surface area contributed by atoms with E-state index in [4.69, 9.17) is 0 Å². The van der Waals surface area contributed by atoms with E-state index in [1.807, 2.05) is 19.9 Å². The fourth-order valence-electron chi connectivity index (χ4n) is 3.89. The number of aliphatic hydroxyl groups excluding tert-OH is 1. The van der Waals surface area contributed by atoms with Crippen LogP contribution in [0.25, 0.3) is 0 Å². The second kappa shape index (κ2) is 3.74. The monoisotopic (exact) mass is 288 g/mol. The standard InChI is InChI=1S/C16H16O3S/c1-16(2)6-9(17)12-13(18)10-7-3-4-8(5-7)11(10)14(19)15(12)20-16/h3-4,7-9,17H,5-6H2,1-2H3. The van der Waals surface area contributed by atoms with Crippen LogP contribution in [0.5, 0.6) is 0 Å². The summed E-state index contributed by atoms with van der Waals surface area (Å²) in [7, 11) is 0. The minimum atomic E-state index is -0.810. The van der Waals surface area contributed by atoms with Crippen LogP contribution in [0.15, 0.2) is 33.8 Å². The van der Waals surface area contributed by atoms with Gasteiger partial charge in [0.05, 0.1) is 11.0 Å². The van der Waals surface area contributed by atoms with Crippen LogP contribution in [0.3, 0.4) is 0 Å². The van der Waals surface area contributed by atoms with Crippen molar-refractivity contribution in [2.75, 3.05) is 0 Å². The van der Waals surface area contributed by atoms with E-state index in [1.165, 1.54) is 11.8 Å². The van der Waals surface area contributed by atoms with Crippen LogP contribution in [0.1, 0.15) is 26.7 Å². The SMILES string of the molecule is CC1(C)CC(O)C2=C(S1)C(=O)C1=C(C2=O)C2C=CC1C2. The summed E-state index contributed by atoms with van der Waals surface area (Å²) in [5.41, 5.74) is 1.73. The maximum absolute atomic E-state index is 12.8. The summed E-state index contributed by atoms with van der Waals surface area (Å²) in [4.78, 5) is 26.0. The Bertz CT molecular complexity index is 651. The van der Waals surface area contributed by atoms with E-state index in [0.717, 1.165) is 6.42 Å². The first-order chi connectivity index (χ1) is 9.39. The average Bonchev–Trinajstić information content (AvgIpc) is 2.94. The lowest BCUT2D eigenvalue weighted by molar-refractivity contribution is -0.117. The maximum Gasteiger partial charge on any atom is 0.196 e. The molecule has 4 rings (SSSR count). The minimum Gasteiger partial charge on any atom is -0.388 e. The molecule has 0 amide bonds. The number of allylic oxidation sites excluding steroid dienone is 5. The van der Waals surface area contributed by atoms with Gasteiger partial charge in [-0.25, -0.2) is 0 Å². The summed E-state index contributed by atoms with van der Waals surface area (Å²) < 4.78 is -0.209. The molecule has 0 aromatic rings. The molecule has 0 aromatic heterocycles. The van der Waals surface area contributed by atoms with E-state index >= 15 is 0 Å². The average molecular weight is 288 g/mol. The van der Waals surface area contributed by atoms with Gasteiger partial charge in [-0.1, -0.05) is 26.0 Å². The highest BCUT2D eigenvalue weighted by Crippen LogP contribution is 2.54. The summed E-state index contributed by atoms with van der Waals surface area (Å²) in [6.45, 7) is 4.01. The first-order valence-corrected chi connectivity index (χ1v) is 7.84. The predicted octanol–water partition coefficient (Wildman–Crippen LogP) is 2.17. The summed E-state index contributed by atoms with van der Waals surface area (Å²) >= 11 is 1.46. The van der Waals surface area contributed by atoms with Crippen molar-refractivity contribution in [1.29, 1.82) is 0 Å². The molecule has 0 aromatic carbocycles. The van der Waals surface area contributed by atoms with Crippen molar-refractivity contribution >= 4 is 23.3 Å². The molecule has 3 atom stereocenters. The number of ketones is 2. The van der Waals surface area contributed by atoms with E-state index in [2.05, 4.69) is 6.08 Å². The highest BCUT2D eigenvalue weighted by molar-refractivity contribution is 8.05. The normalized spacial score (nSPS) is 37.6. The van der Waals surface area contributed by atoms with Crippen molar-refractivity contribution in [2.24, 2.45) is 11.8 Å². The first kappa shape index (κ1) is 12.6. The third-order valence-corrected chi connectivity index (χ3v) is 6.03. The lowest BCUT2D eigenvalue weighted by Gasteiger charge is -2.37. The smallest absolute Gasteiger partial charge is 0.196 e. The van der Waals surface area contributed by atoms with Gasteiger partial charge in [0.2, 0.25) is 0 Å². The van der Waals surface area contributed by atoms with Crippen molar-refractivity contribution in [1.82, 2.24) is 0 Å². The third kappa shape index (κ3) is 1.46. The van der Waals surface area contributed by atoms with Crippen LogP contribution in [-0.4, -0.2) is 27.5 Å². The van der Waals surface area contributed by atoms with Gasteiger partial charge in [-0.15, -0.1) is 11.8 Å². The van der Waals surface area contributed by atoms with E-state index in [0.29, 0.717) is 28.0 Å². The first-order valence-electron chi connectivity index (χ1n) is 7.02. The summed E-state index contributed by atoms with van der Waals surface area (Å²) in [5, 5.41) is 10.3. The summed E-state index contributed by atoms with van der Waals surface area (Å²) in [6, 6.07) is 0. The topological polar surface area (TPSA) is 54.4 Å². The van der Waals surface area contributed by atoms with Crippen molar-refractivity contribution < 1.29 is 14.7 Å². The van der Waals surface area contributed by atoms with Crippen LogP contribution >= 0.6 is 11.8 Å². The van der Waals surface area contributed by atoms with E-state index in [9.17, 15) is 14.7 Å². The Morgan fingerprint density at radius 2 is 1.70 bits per heavy atom. The molecule has 4 aliphatic rings. The van der Waals surface area contributed by atoms with Gasteiger partial charge in [0.25, 0.3) is 0 Å². The molecule has 3 aliphatic carbocycles. The highest BCUT2D eigenvalue weighted by Gasteiger charge is 2.50. The van der Waals surface area contributed by atoms with Crippen molar-refractivity contribution in [3.05, 3.63) is 33.8 Å². The number of hydrogen-bond donors (Lipinski definition) is 1. The summed E-state index contributed by atoms with van der Waals surface area (Å²) in [6.07, 6.45) is 4.64. The molecule has 0 saturated carbocycles. The maximum atomic E-state index is 12.8. The predicted molar refractivity (Wildman–Crippen MR) is 77.1 cm³/mol. The van der Waals surface area contributed by atoms with Crippen molar-refractivity contribution in [3.63, 3.8) is 0 Å². The third-order valence-electron chi connectivity index (χ3n) is 4.70. The molecule has 1 N–H and O–H groups in total. The van der Waals surface area contributed by atoms with Gasteiger partial charge in [0, 0.05) is 33.3 Å². The van der Waals surface area contributed by atoms with E-state index < -0.39 is 6.10 Å². The Hall–Kier alpha value is -1.13. The molecular formula is C16H16O3S. The van der Waals surface area contributed by atoms with Gasteiger partial charge in [-0.2, -0.15) is 0 Å². The molecule has 1 aliphatic heterocycles. The number of fused-ring (bicyclic) bond motifs is 4. The molecule has 0 fully saturated rings. The van der Waals surface area contributed by atoms with Gasteiger partial charge in [0.15, 0.2) is 11.6 Å². The number of hydrogen-bond acceptors (Lipinski definition) is 4. The summed E-state index contributed by atoms with van der Waals surface area (Å²) in [5.74, 6) is 0.112. The molecule has 0 spiro atoms. The molecule has 0 saturated heterocycles. The van der Waals surface area contributed by atoms with E-state index in [1.54, 1.807) is 0 Å². The molecule has 3 nitrogen and oxygen atoms in total. The lowest BCUT2D eigenvalue weighted by atomic mass is 9.80. The molecule has 2 bridgehead atoms. The Kier molecular flexibility index (Phi) is 2.36. The largest absolute Gasteiger partial charge is 0.388 e. The molecule has 3 unspecified atom stereocenters. The molecular weight excluding hydrogens is 272 g/mol. The molecule has 0 radical (unpaired) electrons. The Labute approximate surface area is 121 Å². The number of thioether (sulfide) groups is 1. The molecule has 1 heterocycles. The Morgan fingerprint density at radius 1 is 1.10 bits per heavy atom. The zero-order valence-corrected chi connectivity index (χ0v) is 12.3. The van der Waals surface area contributed by atoms with Gasteiger partial charge in [-0.05, 0) is 12.8 Å². The second-order valence-corrected chi connectivity index (χ2v) is 8.36. The van der Waals surface area contributed by atoms with Crippen molar-refractivity contribution in [3.8, 4) is 0 Å². The fourth-order valence-corrected chi connectivity index (χ4v) is 5.23. The number of carbonyl (C=O) groups excluding carboxylic acids is 2. The number of Topliss-reactive ketones (excluding diaryl/α,β-unsaturated/α-hetero) is 2. The van der Waals surface area contributed by atoms with Crippen LogP contribution in [0.4, 0.5) is 0 Å². The van der Waals surface area contributed by atoms with Gasteiger partial charge in [-0.3, -0.25) is 9.59 Å². The number of carbonyl (C=O) groups is 2. The quantitative estimate of drug-likeness (QED) is 0.548.